The summed E-state index contributed by atoms with van der Waals surface area (Å²) in [5.74, 6) is -1.01. The summed E-state index contributed by atoms with van der Waals surface area (Å²) >= 11 is 3.35. The van der Waals surface area contributed by atoms with E-state index in [9.17, 15) is 14.4 Å². The number of rotatable bonds is 7. The summed E-state index contributed by atoms with van der Waals surface area (Å²) in [5, 5.41) is 0. The number of ether oxygens (including phenoxy) is 3. The summed E-state index contributed by atoms with van der Waals surface area (Å²) in [6.45, 7) is -0.776. The molecule has 1 amide bonds. The third-order valence-electron chi connectivity index (χ3n) is 3.38. The van der Waals surface area contributed by atoms with Crippen molar-refractivity contribution in [3.8, 4) is 11.6 Å². The van der Waals surface area contributed by atoms with Crippen LogP contribution < -0.4 is 4.74 Å². The van der Waals surface area contributed by atoms with E-state index in [0.717, 1.165) is 9.37 Å². The molecule has 0 atom stereocenters. The van der Waals surface area contributed by atoms with Crippen LogP contribution in [0, 0.1) is 0 Å². The van der Waals surface area contributed by atoms with Gasteiger partial charge in [-0.1, -0.05) is 22.0 Å². The molecule has 0 N–H and O–H groups in total. The molecular formula is C18H17BrN2O6. The second-order valence-corrected chi connectivity index (χ2v) is 6.17. The molecule has 2 rings (SSSR count). The van der Waals surface area contributed by atoms with Gasteiger partial charge < -0.3 is 19.1 Å². The van der Waals surface area contributed by atoms with Crippen molar-refractivity contribution in [2.24, 2.45) is 0 Å². The maximum Gasteiger partial charge on any atom is 0.325 e. The van der Waals surface area contributed by atoms with E-state index in [1.807, 2.05) is 12.1 Å². The van der Waals surface area contributed by atoms with E-state index in [0.29, 0.717) is 5.75 Å². The van der Waals surface area contributed by atoms with Crippen LogP contribution in [0.25, 0.3) is 0 Å². The number of carbonyl (C=O) groups is 3. The van der Waals surface area contributed by atoms with Crippen molar-refractivity contribution < 1.29 is 28.6 Å². The van der Waals surface area contributed by atoms with Gasteiger partial charge in [0.2, 0.25) is 5.88 Å². The Labute approximate surface area is 164 Å². The van der Waals surface area contributed by atoms with Gasteiger partial charge in [-0.2, -0.15) is 0 Å². The number of esters is 2. The van der Waals surface area contributed by atoms with Gasteiger partial charge in [0.15, 0.2) is 0 Å². The van der Waals surface area contributed by atoms with Crippen LogP contribution in [0.4, 0.5) is 0 Å². The molecule has 0 saturated heterocycles. The molecule has 0 bridgehead atoms. The molecule has 0 aliphatic carbocycles. The van der Waals surface area contributed by atoms with Crippen LogP contribution in [0.1, 0.15) is 10.4 Å². The molecule has 8 nitrogen and oxygen atoms in total. The summed E-state index contributed by atoms with van der Waals surface area (Å²) in [5.41, 5.74) is 0.185. The maximum absolute atomic E-state index is 12.6. The summed E-state index contributed by atoms with van der Waals surface area (Å²) in [4.78, 5) is 40.7. The van der Waals surface area contributed by atoms with Gasteiger partial charge in [0.25, 0.3) is 5.91 Å². The number of methoxy groups -OCH3 is 2. The van der Waals surface area contributed by atoms with Gasteiger partial charge in [-0.25, -0.2) is 4.98 Å². The van der Waals surface area contributed by atoms with Crippen molar-refractivity contribution >= 4 is 33.8 Å². The van der Waals surface area contributed by atoms with Gasteiger partial charge in [-0.15, -0.1) is 0 Å². The third kappa shape index (κ3) is 6.07. The highest BCUT2D eigenvalue weighted by atomic mass is 79.9. The Bertz CT molecular complexity index is 807. The van der Waals surface area contributed by atoms with Crippen LogP contribution in [0.15, 0.2) is 47.1 Å². The average Bonchev–Trinajstić information content (AvgIpc) is 2.67. The molecule has 2 aromatic rings. The zero-order chi connectivity index (χ0) is 19.8. The van der Waals surface area contributed by atoms with Gasteiger partial charge in [-0.3, -0.25) is 14.4 Å². The number of amides is 1. The Morgan fingerprint density at radius 3 is 2.22 bits per heavy atom. The molecule has 142 valence electrons. The van der Waals surface area contributed by atoms with Crippen LogP contribution in [-0.2, 0) is 19.1 Å². The zero-order valence-corrected chi connectivity index (χ0v) is 16.3. The van der Waals surface area contributed by atoms with Crippen LogP contribution in [-0.4, -0.2) is 55.0 Å². The van der Waals surface area contributed by atoms with Gasteiger partial charge in [0.1, 0.15) is 18.8 Å². The highest BCUT2D eigenvalue weighted by Gasteiger charge is 2.22. The van der Waals surface area contributed by atoms with Crippen molar-refractivity contribution in [2.75, 3.05) is 27.3 Å². The summed E-state index contributed by atoms with van der Waals surface area (Å²) in [7, 11) is 2.39. The third-order valence-corrected chi connectivity index (χ3v) is 3.88. The van der Waals surface area contributed by atoms with E-state index < -0.39 is 17.8 Å². The molecule has 0 unspecified atom stereocenters. The monoisotopic (exact) mass is 436 g/mol. The van der Waals surface area contributed by atoms with Crippen LogP contribution in [0.3, 0.4) is 0 Å². The molecule has 0 radical (unpaired) electrons. The van der Waals surface area contributed by atoms with E-state index in [-0.39, 0.29) is 24.5 Å². The first kappa shape index (κ1) is 20.4. The number of hydrogen-bond donors (Lipinski definition) is 0. The van der Waals surface area contributed by atoms with E-state index in [2.05, 4.69) is 30.4 Å². The normalized spacial score (nSPS) is 10.0. The number of nitrogens with zero attached hydrogens (tertiary/aromatic N) is 2. The minimum Gasteiger partial charge on any atom is -0.468 e. The quantitative estimate of drug-likeness (QED) is 0.614. The van der Waals surface area contributed by atoms with Crippen molar-refractivity contribution in [2.45, 2.75) is 0 Å². The predicted octanol–water partition coefficient (Wildman–Crippen LogP) is 2.42. The van der Waals surface area contributed by atoms with E-state index in [1.54, 1.807) is 12.1 Å². The predicted molar refractivity (Wildman–Crippen MR) is 98.4 cm³/mol. The minimum atomic E-state index is -0.658. The summed E-state index contributed by atoms with van der Waals surface area (Å²) in [6, 6.07) is 10.2. The van der Waals surface area contributed by atoms with Gasteiger partial charge >= 0.3 is 11.9 Å². The van der Waals surface area contributed by atoms with Gasteiger partial charge in [0.05, 0.1) is 19.8 Å². The van der Waals surface area contributed by atoms with Crippen molar-refractivity contribution in [1.82, 2.24) is 9.88 Å². The Kier molecular flexibility index (Phi) is 7.30. The Morgan fingerprint density at radius 1 is 1.04 bits per heavy atom. The van der Waals surface area contributed by atoms with Crippen molar-refractivity contribution in [1.29, 1.82) is 0 Å². The topological polar surface area (TPSA) is 95.0 Å². The molecule has 0 aliphatic rings. The van der Waals surface area contributed by atoms with Crippen LogP contribution >= 0.6 is 15.9 Å². The summed E-state index contributed by atoms with van der Waals surface area (Å²) in [6.07, 6.45) is 1.30. The highest BCUT2D eigenvalue weighted by Crippen LogP contribution is 2.23. The number of pyridine rings is 1. The Morgan fingerprint density at radius 2 is 1.70 bits per heavy atom. The van der Waals surface area contributed by atoms with E-state index >= 15 is 0 Å². The fourth-order valence-electron chi connectivity index (χ4n) is 2.04. The fourth-order valence-corrected chi connectivity index (χ4v) is 2.42. The first-order chi connectivity index (χ1) is 12.9. The second kappa shape index (κ2) is 9.67. The summed E-state index contributed by atoms with van der Waals surface area (Å²) < 4.78 is 15.6. The number of aromatic nitrogens is 1. The molecule has 0 spiro atoms. The fraction of sp³-hybridized carbons (Fsp3) is 0.222. The SMILES string of the molecule is COC(=O)CN(CC(=O)OC)C(=O)c1ccc(Oc2cccc(Br)c2)nc1. The van der Waals surface area contributed by atoms with Gasteiger partial charge in [0, 0.05) is 16.7 Å². The highest BCUT2D eigenvalue weighted by molar-refractivity contribution is 9.10. The average molecular weight is 437 g/mol. The molecule has 0 saturated carbocycles. The molecule has 1 aromatic carbocycles. The first-order valence-electron chi connectivity index (χ1n) is 7.75. The largest absolute Gasteiger partial charge is 0.468 e. The smallest absolute Gasteiger partial charge is 0.325 e. The number of carbonyl (C=O) groups excluding carboxylic acids is 3. The number of halogens is 1. The molecular weight excluding hydrogens is 420 g/mol. The molecule has 1 aromatic heterocycles. The molecule has 0 aliphatic heterocycles. The van der Waals surface area contributed by atoms with Crippen LogP contribution in [0.5, 0.6) is 11.6 Å². The lowest BCUT2D eigenvalue weighted by Gasteiger charge is -2.20. The van der Waals surface area contributed by atoms with E-state index in [1.165, 1.54) is 32.5 Å². The Hall–Kier alpha value is -2.94. The number of benzene rings is 1. The maximum atomic E-state index is 12.6. The van der Waals surface area contributed by atoms with Gasteiger partial charge in [-0.05, 0) is 24.3 Å². The Balaban J connectivity index is 2.13. The minimum absolute atomic E-state index is 0.185. The molecule has 0 fully saturated rings. The molecule has 9 heteroatoms. The molecule has 1 heterocycles. The lowest BCUT2D eigenvalue weighted by Crippen LogP contribution is -2.40. The van der Waals surface area contributed by atoms with E-state index in [4.69, 9.17) is 4.74 Å². The standard InChI is InChI=1S/C18H17BrN2O6/c1-25-16(22)10-21(11-17(23)26-2)18(24)12-6-7-15(20-9-12)27-14-5-3-4-13(19)8-14/h3-9H,10-11H2,1-2H3. The number of hydrogen-bond acceptors (Lipinski definition) is 7. The zero-order valence-electron chi connectivity index (χ0n) is 14.7. The van der Waals surface area contributed by atoms with Crippen molar-refractivity contribution in [3.05, 3.63) is 52.6 Å². The van der Waals surface area contributed by atoms with Crippen molar-refractivity contribution in [3.63, 3.8) is 0 Å². The second-order valence-electron chi connectivity index (χ2n) is 5.26. The van der Waals surface area contributed by atoms with Crippen LogP contribution in [0.2, 0.25) is 0 Å². The lowest BCUT2D eigenvalue weighted by atomic mass is 10.2. The first-order valence-corrected chi connectivity index (χ1v) is 8.54. The molecule has 27 heavy (non-hydrogen) atoms. The lowest BCUT2D eigenvalue weighted by molar-refractivity contribution is -0.144.